The summed E-state index contributed by atoms with van der Waals surface area (Å²) < 4.78 is 1.84. The van der Waals surface area contributed by atoms with Crippen molar-refractivity contribution in [2.24, 2.45) is 0 Å². The number of Topliss-reactive ketones (excluding diaryl/α,β-unsaturated/α-hetero) is 1. The maximum absolute atomic E-state index is 11.7. The van der Waals surface area contributed by atoms with Gasteiger partial charge in [-0.1, -0.05) is 0 Å². The van der Waals surface area contributed by atoms with Gasteiger partial charge in [-0.05, 0) is 31.2 Å². The van der Waals surface area contributed by atoms with E-state index in [0.717, 1.165) is 36.8 Å². The number of aromatic nitrogens is 1. The van der Waals surface area contributed by atoms with Crippen LogP contribution in [0.15, 0.2) is 12.4 Å². The van der Waals surface area contributed by atoms with Crippen LogP contribution in [0.25, 0.3) is 0 Å². The first-order valence-corrected chi connectivity index (χ1v) is 6.23. The molecule has 0 aromatic carbocycles. The standard InChI is InChI=1S/C13H16N2O2/c16-12-3-1-2-9-6-15(7-11(9)12)8-13(17)14-10-4-5-10/h6-7,10H,1-5,8H2,(H,14,17). The van der Waals surface area contributed by atoms with E-state index in [1.807, 2.05) is 17.0 Å². The summed E-state index contributed by atoms with van der Waals surface area (Å²) in [5.41, 5.74) is 1.91. The summed E-state index contributed by atoms with van der Waals surface area (Å²) in [6.45, 7) is 0.330. The van der Waals surface area contributed by atoms with Gasteiger partial charge in [-0.3, -0.25) is 9.59 Å². The average Bonchev–Trinajstić information content (AvgIpc) is 2.97. The van der Waals surface area contributed by atoms with Crippen LogP contribution in [0.1, 0.15) is 41.6 Å². The number of fused-ring (bicyclic) bond motifs is 1. The van der Waals surface area contributed by atoms with E-state index >= 15 is 0 Å². The minimum absolute atomic E-state index is 0.0484. The van der Waals surface area contributed by atoms with Crippen LogP contribution in [0.2, 0.25) is 0 Å². The van der Waals surface area contributed by atoms with E-state index in [2.05, 4.69) is 5.32 Å². The molecule has 1 aromatic heterocycles. The average molecular weight is 232 g/mol. The van der Waals surface area contributed by atoms with Crippen molar-refractivity contribution in [3.63, 3.8) is 0 Å². The van der Waals surface area contributed by atoms with Gasteiger partial charge in [-0.15, -0.1) is 0 Å². The van der Waals surface area contributed by atoms with Gasteiger partial charge in [0.05, 0.1) is 0 Å². The lowest BCUT2D eigenvalue weighted by atomic mass is 9.95. The largest absolute Gasteiger partial charge is 0.352 e. The lowest BCUT2D eigenvalue weighted by Gasteiger charge is -2.07. The molecule has 0 unspecified atom stereocenters. The van der Waals surface area contributed by atoms with E-state index in [0.29, 0.717) is 19.0 Å². The number of rotatable bonds is 3. The van der Waals surface area contributed by atoms with Crippen LogP contribution in [0.4, 0.5) is 0 Å². The second-order valence-electron chi connectivity index (χ2n) is 4.99. The minimum atomic E-state index is 0.0484. The molecule has 1 aromatic rings. The van der Waals surface area contributed by atoms with Crippen LogP contribution < -0.4 is 5.32 Å². The van der Waals surface area contributed by atoms with Crippen molar-refractivity contribution in [2.45, 2.75) is 44.7 Å². The number of nitrogens with zero attached hydrogens (tertiary/aromatic N) is 1. The molecular formula is C13H16N2O2. The number of hydrogen-bond donors (Lipinski definition) is 1. The maximum Gasteiger partial charge on any atom is 0.240 e. The molecule has 2 aliphatic carbocycles. The SMILES string of the molecule is O=C(Cn1cc2c(c1)C(=O)CCC2)NC1CC1. The Morgan fingerprint density at radius 3 is 2.88 bits per heavy atom. The zero-order valence-corrected chi connectivity index (χ0v) is 9.74. The fourth-order valence-electron chi connectivity index (χ4n) is 2.34. The molecule has 1 amide bonds. The first-order valence-electron chi connectivity index (χ1n) is 6.23. The molecule has 0 atom stereocenters. The third-order valence-corrected chi connectivity index (χ3v) is 3.38. The smallest absolute Gasteiger partial charge is 0.240 e. The quantitative estimate of drug-likeness (QED) is 0.853. The van der Waals surface area contributed by atoms with Crippen molar-refractivity contribution >= 4 is 11.7 Å². The molecule has 0 bridgehead atoms. The molecule has 1 fully saturated rings. The molecule has 0 saturated heterocycles. The van der Waals surface area contributed by atoms with Crippen LogP contribution in [0, 0.1) is 0 Å². The van der Waals surface area contributed by atoms with Gasteiger partial charge in [0.15, 0.2) is 5.78 Å². The topological polar surface area (TPSA) is 51.1 Å². The van der Waals surface area contributed by atoms with Crippen molar-refractivity contribution in [3.8, 4) is 0 Å². The van der Waals surface area contributed by atoms with Crippen molar-refractivity contribution < 1.29 is 9.59 Å². The molecule has 0 spiro atoms. The van der Waals surface area contributed by atoms with Gasteiger partial charge in [0, 0.05) is 30.4 Å². The van der Waals surface area contributed by atoms with Gasteiger partial charge >= 0.3 is 0 Å². The number of hydrogen-bond acceptors (Lipinski definition) is 2. The summed E-state index contributed by atoms with van der Waals surface area (Å²) in [6, 6.07) is 0.398. The molecule has 0 radical (unpaired) electrons. The fraction of sp³-hybridized carbons (Fsp3) is 0.538. The van der Waals surface area contributed by atoms with Crippen LogP contribution in [0.3, 0.4) is 0 Å². The van der Waals surface area contributed by atoms with Crippen molar-refractivity contribution in [3.05, 3.63) is 23.5 Å². The maximum atomic E-state index is 11.7. The van der Waals surface area contributed by atoms with E-state index in [1.165, 1.54) is 0 Å². The molecule has 1 N–H and O–H groups in total. The van der Waals surface area contributed by atoms with E-state index in [-0.39, 0.29) is 11.7 Å². The molecule has 17 heavy (non-hydrogen) atoms. The Hall–Kier alpha value is -1.58. The monoisotopic (exact) mass is 232 g/mol. The zero-order valence-electron chi connectivity index (χ0n) is 9.74. The second kappa shape index (κ2) is 4.02. The lowest BCUT2D eigenvalue weighted by molar-refractivity contribution is -0.121. The summed E-state index contributed by atoms with van der Waals surface area (Å²) in [5, 5.41) is 2.95. The summed E-state index contributed by atoms with van der Waals surface area (Å²) in [5.74, 6) is 0.264. The van der Waals surface area contributed by atoms with Crippen LogP contribution in [-0.2, 0) is 17.8 Å². The molecule has 4 nitrogen and oxygen atoms in total. The first kappa shape index (κ1) is 10.6. The van der Waals surface area contributed by atoms with E-state index < -0.39 is 0 Å². The molecule has 0 aliphatic heterocycles. The van der Waals surface area contributed by atoms with Crippen molar-refractivity contribution in [1.82, 2.24) is 9.88 Å². The van der Waals surface area contributed by atoms with Gasteiger partial charge in [0.1, 0.15) is 6.54 Å². The molecule has 1 heterocycles. The zero-order chi connectivity index (χ0) is 11.8. The number of carbonyl (C=O) groups excluding carboxylic acids is 2. The molecule has 2 aliphatic rings. The normalized spacial score (nSPS) is 18.9. The van der Waals surface area contributed by atoms with Crippen LogP contribution in [0.5, 0.6) is 0 Å². The highest BCUT2D eigenvalue weighted by molar-refractivity contribution is 5.98. The predicted octanol–water partition coefficient (Wildman–Crippen LogP) is 1.29. The Bertz CT molecular complexity index is 472. The first-order chi connectivity index (χ1) is 8.22. The Labute approximate surface area is 100.0 Å². The molecular weight excluding hydrogens is 216 g/mol. The van der Waals surface area contributed by atoms with Gasteiger partial charge in [0.2, 0.25) is 5.91 Å². The number of carbonyl (C=O) groups is 2. The lowest BCUT2D eigenvalue weighted by Crippen LogP contribution is -2.28. The van der Waals surface area contributed by atoms with Gasteiger partial charge < -0.3 is 9.88 Å². The van der Waals surface area contributed by atoms with Crippen molar-refractivity contribution in [2.75, 3.05) is 0 Å². The molecule has 4 heteroatoms. The highest BCUT2D eigenvalue weighted by Crippen LogP contribution is 2.22. The van der Waals surface area contributed by atoms with E-state index in [4.69, 9.17) is 0 Å². The van der Waals surface area contributed by atoms with Gasteiger partial charge in [-0.25, -0.2) is 0 Å². The third-order valence-electron chi connectivity index (χ3n) is 3.38. The Kier molecular flexibility index (Phi) is 2.50. The molecule has 1 saturated carbocycles. The third kappa shape index (κ3) is 2.25. The highest BCUT2D eigenvalue weighted by atomic mass is 16.2. The van der Waals surface area contributed by atoms with Crippen LogP contribution >= 0.6 is 0 Å². The second-order valence-corrected chi connectivity index (χ2v) is 4.99. The summed E-state index contributed by atoms with van der Waals surface area (Å²) in [4.78, 5) is 23.3. The Morgan fingerprint density at radius 1 is 1.35 bits per heavy atom. The molecule has 3 rings (SSSR count). The summed E-state index contributed by atoms with van der Waals surface area (Å²) >= 11 is 0. The predicted molar refractivity (Wildman–Crippen MR) is 62.9 cm³/mol. The Morgan fingerprint density at radius 2 is 2.18 bits per heavy atom. The van der Waals surface area contributed by atoms with E-state index in [9.17, 15) is 9.59 Å². The summed E-state index contributed by atoms with van der Waals surface area (Å²) in [6.07, 6.45) is 8.51. The van der Waals surface area contributed by atoms with Gasteiger partial charge in [0.25, 0.3) is 0 Å². The Balaban J connectivity index is 1.70. The number of amides is 1. The minimum Gasteiger partial charge on any atom is -0.352 e. The molecule has 90 valence electrons. The fourth-order valence-corrected chi connectivity index (χ4v) is 2.34. The van der Waals surface area contributed by atoms with Crippen molar-refractivity contribution in [1.29, 1.82) is 0 Å². The van der Waals surface area contributed by atoms with E-state index in [1.54, 1.807) is 0 Å². The van der Waals surface area contributed by atoms with Gasteiger partial charge in [-0.2, -0.15) is 0 Å². The highest BCUT2D eigenvalue weighted by Gasteiger charge is 2.24. The summed E-state index contributed by atoms with van der Waals surface area (Å²) in [7, 11) is 0. The number of aryl methyl sites for hydroxylation is 1. The number of nitrogens with one attached hydrogen (secondary N) is 1. The number of ketones is 1. The van der Waals surface area contributed by atoms with Crippen LogP contribution in [-0.4, -0.2) is 22.3 Å².